The molecule has 1 aliphatic heterocycles. The monoisotopic (exact) mass is 445 g/mol. The van der Waals surface area contributed by atoms with Gasteiger partial charge in [0.15, 0.2) is 11.6 Å². The van der Waals surface area contributed by atoms with Gasteiger partial charge in [0, 0.05) is 17.3 Å². The van der Waals surface area contributed by atoms with E-state index in [0.29, 0.717) is 47.3 Å². The third-order valence-electron chi connectivity index (χ3n) is 4.87. The molecule has 2 heterocycles. The number of hydrogen-bond acceptors (Lipinski definition) is 5. The number of hydrogen-bond donors (Lipinski definition) is 3. The second-order valence-electron chi connectivity index (χ2n) is 8.72. The van der Waals surface area contributed by atoms with Crippen molar-refractivity contribution in [3.63, 3.8) is 0 Å². The van der Waals surface area contributed by atoms with E-state index in [-0.39, 0.29) is 17.5 Å². The van der Waals surface area contributed by atoms with Crippen LogP contribution in [0.15, 0.2) is 66.9 Å². The lowest BCUT2D eigenvalue weighted by atomic mass is 10.1. The highest BCUT2D eigenvalue weighted by molar-refractivity contribution is 6.03. The molecular formula is C25H27N5O3. The largest absolute Gasteiger partial charge is 0.488 e. The number of benzene rings is 2. The van der Waals surface area contributed by atoms with Crippen LogP contribution in [0.25, 0.3) is 0 Å². The number of amides is 3. The molecule has 2 aromatic carbocycles. The van der Waals surface area contributed by atoms with E-state index in [9.17, 15) is 9.59 Å². The van der Waals surface area contributed by atoms with Gasteiger partial charge < -0.3 is 20.7 Å². The van der Waals surface area contributed by atoms with Crippen LogP contribution in [0.3, 0.4) is 0 Å². The quantitative estimate of drug-likeness (QED) is 0.537. The van der Waals surface area contributed by atoms with Gasteiger partial charge in [-0.3, -0.25) is 9.69 Å². The minimum absolute atomic E-state index is 0.170. The van der Waals surface area contributed by atoms with Crippen molar-refractivity contribution in [3.8, 4) is 5.75 Å². The number of aromatic nitrogens is 1. The van der Waals surface area contributed by atoms with E-state index < -0.39 is 0 Å². The highest BCUT2D eigenvalue weighted by Gasteiger charge is 2.26. The molecule has 8 nitrogen and oxygen atoms in total. The molecular weight excluding hydrogens is 418 g/mol. The fourth-order valence-corrected chi connectivity index (χ4v) is 3.43. The van der Waals surface area contributed by atoms with Gasteiger partial charge in [-0.2, -0.15) is 0 Å². The van der Waals surface area contributed by atoms with Gasteiger partial charge in [0.25, 0.3) is 5.91 Å². The molecule has 0 unspecified atom stereocenters. The molecule has 0 atom stereocenters. The van der Waals surface area contributed by atoms with Crippen LogP contribution < -0.4 is 25.6 Å². The smallest absolute Gasteiger partial charge is 0.327 e. The van der Waals surface area contributed by atoms with Crippen molar-refractivity contribution in [1.29, 1.82) is 0 Å². The first kappa shape index (κ1) is 22.1. The summed E-state index contributed by atoms with van der Waals surface area (Å²) in [6.45, 7) is 6.55. The molecule has 0 bridgehead atoms. The summed E-state index contributed by atoms with van der Waals surface area (Å²) in [5.41, 5.74) is 2.18. The molecule has 1 aromatic heterocycles. The Hall–Kier alpha value is -4.07. The average molecular weight is 446 g/mol. The number of urea groups is 1. The van der Waals surface area contributed by atoms with Crippen LogP contribution in [-0.4, -0.2) is 35.6 Å². The Morgan fingerprint density at radius 2 is 1.73 bits per heavy atom. The van der Waals surface area contributed by atoms with Gasteiger partial charge in [-0.15, -0.1) is 0 Å². The highest BCUT2D eigenvalue weighted by Crippen LogP contribution is 2.33. The number of rotatable bonds is 4. The Morgan fingerprint density at radius 3 is 2.48 bits per heavy atom. The number of fused-ring (bicyclic) bond motifs is 1. The lowest BCUT2D eigenvalue weighted by Crippen LogP contribution is -2.41. The van der Waals surface area contributed by atoms with E-state index in [1.54, 1.807) is 23.2 Å². The van der Waals surface area contributed by atoms with E-state index >= 15 is 0 Å². The fraction of sp³-hybridized carbons (Fsp3) is 0.240. The van der Waals surface area contributed by atoms with Crippen molar-refractivity contribution in [2.75, 3.05) is 28.7 Å². The second-order valence-corrected chi connectivity index (χ2v) is 8.72. The average Bonchev–Trinajstić information content (AvgIpc) is 2.78. The fourth-order valence-electron chi connectivity index (χ4n) is 3.43. The third-order valence-corrected chi connectivity index (χ3v) is 4.87. The number of anilines is 4. The Labute approximate surface area is 193 Å². The summed E-state index contributed by atoms with van der Waals surface area (Å²) in [5, 5.41) is 9.11. The van der Waals surface area contributed by atoms with E-state index in [1.165, 1.54) is 0 Å². The topological polar surface area (TPSA) is 95.6 Å². The summed E-state index contributed by atoms with van der Waals surface area (Å²) in [4.78, 5) is 31.6. The summed E-state index contributed by atoms with van der Waals surface area (Å²) in [6, 6.07) is 18.0. The normalized spacial score (nSPS) is 12.9. The molecule has 0 saturated heterocycles. The second kappa shape index (κ2) is 9.20. The van der Waals surface area contributed by atoms with Crippen LogP contribution in [0.4, 0.5) is 27.7 Å². The highest BCUT2D eigenvalue weighted by atomic mass is 16.5. The molecule has 3 amide bonds. The molecule has 4 rings (SSSR count). The number of pyridine rings is 1. The molecule has 0 radical (unpaired) electrons. The minimum Gasteiger partial charge on any atom is -0.488 e. The van der Waals surface area contributed by atoms with Gasteiger partial charge in [-0.25, -0.2) is 9.78 Å². The zero-order valence-electron chi connectivity index (χ0n) is 18.9. The zero-order valence-corrected chi connectivity index (χ0v) is 18.9. The van der Waals surface area contributed by atoms with Crippen LogP contribution in [0.5, 0.6) is 5.75 Å². The van der Waals surface area contributed by atoms with Gasteiger partial charge in [-0.05, 0) is 45.0 Å². The summed E-state index contributed by atoms with van der Waals surface area (Å²) in [5.74, 6) is 0.765. The molecule has 8 heteroatoms. The standard InChI is InChI=1S/C25H27N5O3/c1-25(2,3)29-23(31)19-11-7-8-12-20(19)27-18-15-21-22(26-16-18)30(13-14-33-21)24(32)28-17-9-5-4-6-10-17/h4-12,15-16,27H,13-14H2,1-3H3,(H,28,32)(H,29,31). The van der Waals surface area contributed by atoms with E-state index in [4.69, 9.17) is 4.74 Å². The summed E-state index contributed by atoms with van der Waals surface area (Å²) in [6.07, 6.45) is 1.62. The molecule has 0 saturated carbocycles. The molecule has 170 valence electrons. The lowest BCUT2D eigenvalue weighted by molar-refractivity contribution is 0.0920. The molecule has 33 heavy (non-hydrogen) atoms. The Morgan fingerprint density at radius 1 is 1.00 bits per heavy atom. The predicted octanol–water partition coefficient (Wildman–Crippen LogP) is 4.78. The Bertz CT molecular complexity index is 1160. The molecule has 0 aliphatic carbocycles. The van der Waals surface area contributed by atoms with Crippen LogP contribution in [0.2, 0.25) is 0 Å². The van der Waals surface area contributed by atoms with Crippen molar-refractivity contribution in [2.24, 2.45) is 0 Å². The summed E-state index contributed by atoms with van der Waals surface area (Å²) >= 11 is 0. The van der Waals surface area contributed by atoms with Gasteiger partial charge >= 0.3 is 6.03 Å². The number of ether oxygens (including phenoxy) is 1. The van der Waals surface area contributed by atoms with Crippen molar-refractivity contribution < 1.29 is 14.3 Å². The number of nitrogens with one attached hydrogen (secondary N) is 3. The maximum absolute atomic E-state index is 12.8. The first-order valence-electron chi connectivity index (χ1n) is 10.8. The van der Waals surface area contributed by atoms with Gasteiger partial charge in [0.1, 0.15) is 6.61 Å². The first-order chi connectivity index (χ1) is 15.8. The Kier molecular flexibility index (Phi) is 6.17. The number of carbonyl (C=O) groups is 2. The van der Waals surface area contributed by atoms with Gasteiger partial charge in [-0.1, -0.05) is 30.3 Å². The first-order valence-corrected chi connectivity index (χ1v) is 10.8. The number of nitrogens with zero attached hydrogens (tertiary/aromatic N) is 2. The predicted molar refractivity (Wildman–Crippen MR) is 129 cm³/mol. The van der Waals surface area contributed by atoms with Crippen molar-refractivity contribution in [3.05, 3.63) is 72.4 Å². The molecule has 0 spiro atoms. The van der Waals surface area contributed by atoms with Gasteiger partial charge in [0.05, 0.1) is 29.7 Å². The maximum atomic E-state index is 12.8. The minimum atomic E-state index is -0.352. The van der Waals surface area contributed by atoms with E-state index in [2.05, 4.69) is 20.9 Å². The zero-order chi connectivity index (χ0) is 23.4. The lowest BCUT2D eigenvalue weighted by Gasteiger charge is -2.28. The van der Waals surface area contributed by atoms with Crippen LogP contribution in [0.1, 0.15) is 31.1 Å². The maximum Gasteiger partial charge on any atom is 0.327 e. The number of carbonyl (C=O) groups excluding carboxylic acids is 2. The number of para-hydroxylation sites is 2. The Balaban J connectivity index is 1.54. The molecule has 0 fully saturated rings. The molecule has 3 aromatic rings. The SMILES string of the molecule is CC(C)(C)NC(=O)c1ccccc1Nc1cnc2c(c1)OCCN2C(=O)Nc1ccccc1. The third kappa shape index (κ3) is 5.41. The van der Waals surface area contributed by atoms with Crippen molar-refractivity contribution >= 4 is 34.8 Å². The van der Waals surface area contributed by atoms with E-state index in [0.717, 1.165) is 0 Å². The van der Waals surface area contributed by atoms with Crippen LogP contribution >= 0.6 is 0 Å². The molecule has 3 N–H and O–H groups in total. The summed E-state index contributed by atoms with van der Waals surface area (Å²) < 4.78 is 5.77. The van der Waals surface area contributed by atoms with Crippen LogP contribution in [0, 0.1) is 0 Å². The van der Waals surface area contributed by atoms with E-state index in [1.807, 2.05) is 69.3 Å². The summed E-state index contributed by atoms with van der Waals surface area (Å²) in [7, 11) is 0. The molecule has 1 aliphatic rings. The van der Waals surface area contributed by atoms with Crippen molar-refractivity contribution in [2.45, 2.75) is 26.3 Å². The van der Waals surface area contributed by atoms with Gasteiger partial charge in [0.2, 0.25) is 0 Å². The van der Waals surface area contributed by atoms with Crippen LogP contribution in [-0.2, 0) is 0 Å². The van der Waals surface area contributed by atoms with Crippen molar-refractivity contribution in [1.82, 2.24) is 10.3 Å².